The highest BCUT2D eigenvalue weighted by molar-refractivity contribution is 7.15. The molecule has 0 aliphatic rings. The number of aromatic nitrogens is 2. The summed E-state index contributed by atoms with van der Waals surface area (Å²) in [6.07, 6.45) is 3.79. The van der Waals surface area contributed by atoms with Crippen LogP contribution in [0.2, 0.25) is 5.02 Å². The van der Waals surface area contributed by atoms with Gasteiger partial charge in [0.1, 0.15) is 11.5 Å². The number of benzene rings is 1. The van der Waals surface area contributed by atoms with Gasteiger partial charge in [0.05, 0.1) is 0 Å². The van der Waals surface area contributed by atoms with Crippen molar-refractivity contribution in [2.24, 2.45) is 0 Å². The lowest BCUT2D eigenvalue weighted by molar-refractivity contribution is 0.102. The van der Waals surface area contributed by atoms with E-state index in [-0.39, 0.29) is 17.4 Å². The van der Waals surface area contributed by atoms with Gasteiger partial charge in [0.15, 0.2) is 5.13 Å². The molecule has 2 aromatic heterocycles. The van der Waals surface area contributed by atoms with E-state index in [0.29, 0.717) is 16.6 Å². The van der Waals surface area contributed by atoms with Crippen molar-refractivity contribution in [1.29, 1.82) is 0 Å². The molecule has 4 nitrogen and oxygen atoms in total. The number of nitrogens with zero attached hydrogens (tertiary/aromatic N) is 2. The van der Waals surface area contributed by atoms with Gasteiger partial charge in [-0.2, -0.15) is 0 Å². The molecule has 1 amide bonds. The largest absolute Gasteiger partial charge is 0.296 e. The first-order valence-corrected chi connectivity index (χ1v) is 7.91. The van der Waals surface area contributed by atoms with Crippen LogP contribution in [0.4, 0.5) is 9.52 Å². The van der Waals surface area contributed by atoms with Gasteiger partial charge in [-0.3, -0.25) is 15.1 Å². The second kappa shape index (κ2) is 6.85. The van der Waals surface area contributed by atoms with E-state index in [1.54, 1.807) is 24.4 Å². The lowest BCUT2D eigenvalue weighted by Gasteiger charge is -2.01. The molecule has 0 radical (unpaired) electrons. The molecule has 3 rings (SSSR count). The highest BCUT2D eigenvalue weighted by Crippen LogP contribution is 2.22. The molecule has 0 saturated heterocycles. The molecule has 3 aromatic rings. The van der Waals surface area contributed by atoms with E-state index in [0.717, 1.165) is 10.4 Å². The van der Waals surface area contributed by atoms with E-state index in [1.165, 1.54) is 35.7 Å². The van der Waals surface area contributed by atoms with Gasteiger partial charge in [-0.1, -0.05) is 23.7 Å². The SMILES string of the molecule is O=C(Nc1ncc(Cc2ccc(F)cc2)s1)c1cc(Cl)ccn1. The number of hydrogen-bond acceptors (Lipinski definition) is 4. The summed E-state index contributed by atoms with van der Waals surface area (Å²) < 4.78 is 12.9. The van der Waals surface area contributed by atoms with Gasteiger partial charge in [-0.15, -0.1) is 11.3 Å². The maximum atomic E-state index is 12.9. The minimum atomic E-state index is -0.366. The van der Waals surface area contributed by atoms with Crippen LogP contribution < -0.4 is 5.32 Å². The van der Waals surface area contributed by atoms with E-state index in [9.17, 15) is 9.18 Å². The average Bonchev–Trinajstić information content (AvgIpc) is 2.96. The van der Waals surface area contributed by atoms with Crippen LogP contribution in [0.25, 0.3) is 0 Å². The molecule has 1 N–H and O–H groups in total. The Morgan fingerprint density at radius 3 is 2.74 bits per heavy atom. The summed E-state index contributed by atoms with van der Waals surface area (Å²) in [6, 6.07) is 9.38. The van der Waals surface area contributed by atoms with Gasteiger partial charge in [0, 0.05) is 28.7 Å². The van der Waals surface area contributed by atoms with Crippen LogP contribution in [-0.2, 0) is 6.42 Å². The third-order valence-electron chi connectivity index (χ3n) is 3.02. The summed E-state index contributed by atoms with van der Waals surface area (Å²) in [4.78, 5) is 21.2. The average molecular weight is 348 g/mol. The molecule has 0 aliphatic carbocycles. The molecule has 0 saturated carbocycles. The summed E-state index contributed by atoms with van der Waals surface area (Å²) in [5.41, 5.74) is 1.21. The highest BCUT2D eigenvalue weighted by Gasteiger charge is 2.11. The second-order valence-corrected chi connectivity index (χ2v) is 6.30. The summed E-state index contributed by atoms with van der Waals surface area (Å²) in [5, 5.41) is 3.61. The van der Waals surface area contributed by atoms with Crippen molar-refractivity contribution in [3.8, 4) is 0 Å². The first kappa shape index (κ1) is 15.6. The first-order valence-electron chi connectivity index (χ1n) is 6.72. The lowest BCUT2D eigenvalue weighted by atomic mass is 10.1. The van der Waals surface area contributed by atoms with Gasteiger partial charge < -0.3 is 0 Å². The van der Waals surface area contributed by atoms with Crippen molar-refractivity contribution < 1.29 is 9.18 Å². The standard InChI is InChI=1S/C16H11ClFN3OS/c17-11-5-6-19-14(8-11)15(22)21-16-20-9-13(23-16)7-10-1-3-12(18)4-2-10/h1-6,8-9H,7H2,(H,20,21,22). The number of carbonyl (C=O) groups is 1. The molecule has 2 heterocycles. The zero-order chi connectivity index (χ0) is 16.2. The first-order chi connectivity index (χ1) is 11.1. The number of carbonyl (C=O) groups excluding carboxylic acids is 1. The van der Waals surface area contributed by atoms with Crippen LogP contribution >= 0.6 is 22.9 Å². The minimum Gasteiger partial charge on any atom is -0.296 e. The van der Waals surface area contributed by atoms with Gasteiger partial charge >= 0.3 is 0 Å². The second-order valence-electron chi connectivity index (χ2n) is 4.75. The molecule has 1 aromatic carbocycles. The molecular formula is C16H11ClFN3OS. The normalized spacial score (nSPS) is 10.5. The third kappa shape index (κ3) is 4.12. The molecule has 7 heteroatoms. The molecule has 0 bridgehead atoms. The maximum absolute atomic E-state index is 12.9. The molecule has 0 aliphatic heterocycles. The molecular weight excluding hydrogens is 337 g/mol. The van der Waals surface area contributed by atoms with Crippen LogP contribution in [0.1, 0.15) is 20.9 Å². The van der Waals surface area contributed by atoms with E-state index in [2.05, 4.69) is 15.3 Å². The molecule has 0 unspecified atom stereocenters. The van der Waals surface area contributed by atoms with E-state index in [4.69, 9.17) is 11.6 Å². The Morgan fingerprint density at radius 1 is 1.22 bits per heavy atom. The Balaban J connectivity index is 1.67. The van der Waals surface area contributed by atoms with Gasteiger partial charge in [0.25, 0.3) is 5.91 Å². The molecule has 23 heavy (non-hydrogen) atoms. The smallest absolute Gasteiger partial charge is 0.276 e. The number of amides is 1. The molecule has 0 fully saturated rings. The van der Waals surface area contributed by atoms with Crippen molar-refractivity contribution in [3.63, 3.8) is 0 Å². The van der Waals surface area contributed by atoms with Gasteiger partial charge in [-0.25, -0.2) is 9.37 Å². The minimum absolute atomic E-state index is 0.229. The summed E-state index contributed by atoms with van der Waals surface area (Å²) >= 11 is 7.20. The van der Waals surface area contributed by atoms with Crippen molar-refractivity contribution >= 4 is 34.0 Å². The number of halogens is 2. The number of anilines is 1. The lowest BCUT2D eigenvalue weighted by Crippen LogP contribution is -2.13. The Hall–Kier alpha value is -2.31. The van der Waals surface area contributed by atoms with Crippen molar-refractivity contribution in [2.45, 2.75) is 6.42 Å². The number of hydrogen-bond donors (Lipinski definition) is 1. The quantitative estimate of drug-likeness (QED) is 0.770. The number of rotatable bonds is 4. The van der Waals surface area contributed by atoms with Gasteiger partial charge in [-0.05, 0) is 29.8 Å². The monoisotopic (exact) mass is 347 g/mol. The molecule has 0 spiro atoms. The predicted octanol–water partition coefficient (Wildman–Crippen LogP) is 4.17. The molecule has 0 atom stereocenters. The topological polar surface area (TPSA) is 54.9 Å². The Morgan fingerprint density at radius 2 is 2.00 bits per heavy atom. The fraction of sp³-hybridized carbons (Fsp3) is 0.0625. The van der Waals surface area contributed by atoms with Crippen LogP contribution in [0.15, 0.2) is 48.8 Å². The van der Waals surface area contributed by atoms with E-state index >= 15 is 0 Å². The van der Waals surface area contributed by atoms with Crippen molar-refractivity contribution in [3.05, 3.63) is 75.8 Å². The number of pyridine rings is 1. The maximum Gasteiger partial charge on any atom is 0.276 e. The number of nitrogens with one attached hydrogen (secondary N) is 1. The Bertz CT molecular complexity index is 835. The van der Waals surface area contributed by atoms with Crippen LogP contribution in [0.5, 0.6) is 0 Å². The Labute approximate surface area is 141 Å². The fourth-order valence-corrected chi connectivity index (χ4v) is 2.94. The van der Waals surface area contributed by atoms with Crippen LogP contribution in [0.3, 0.4) is 0 Å². The van der Waals surface area contributed by atoms with Crippen molar-refractivity contribution in [1.82, 2.24) is 9.97 Å². The third-order valence-corrected chi connectivity index (χ3v) is 4.17. The summed E-state index contributed by atoms with van der Waals surface area (Å²) in [5.74, 6) is -0.629. The van der Waals surface area contributed by atoms with E-state index < -0.39 is 0 Å². The Kier molecular flexibility index (Phi) is 4.64. The van der Waals surface area contributed by atoms with Crippen molar-refractivity contribution in [2.75, 3.05) is 5.32 Å². The summed E-state index contributed by atoms with van der Waals surface area (Å²) in [6.45, 7) is 0. The van der Waals surface area contributed by atoms with Crippen LogP contribution in [-0.4, -0.2) is 15.9 Å². The summed E-state index contributed by atoms with van der Waals surface area (Å²) in [7, 11) is 0. The fourth-order valence-electron chi connectivity index (χ4n) is 1.94. The zero-order valence-electron chi connectivity index (χ0n) is 11.8. The highest BCUT2D eigenvalue weighted by atomic mass is 35.5. The van der Waals surface area contributed by atoms with Gasteiger partial charge in [0.2, 0.25) is 0 Å². The zero-order valence-corrected chi connectivity index (χ0v) is 13.4. The van der Waals surface area contributed by atoms with E-state index in [1.807, 2.05) is 0 Å². The molecule has 116 valence electrons. The predicted molar refractivity (Wildman–Crippen MR) is 88.5 cm³/mol. The van der Waals surface area contributed by atoms with Crippen LogP contribution in [0, 0.1) is 5.82 Å². The number of thiazole rings is 1.